The van der Waals surface area contributed by atoms with E-state index in [0.29, 0.717) is 31.9 Å². The number of Topliss-reactive ketones (excluding diaryl/α,β-unsaturated/α-hetero) is 1. The number of likely N-dealkylation sites (tertiary alicyclic amines) is 1. The van der Waals surface area contributed by atoms with Gasteiger partial charge in [0.2, 0.25) is 10.0 Å². The van der Waals surface area contributed by atoms with Crippen LogP contribution in [0.4, 0.5) is 0 Å². The van der Waals surface area contributed by atoms with Crippen LogP contribution in [-0.2, 0) is 14.8 Å². The number of morpholine rings is 1. The molecule has 4 rings (SSSR count). The fraction of sp³-hybridized carbons (Fsp3) is 0.500. The number of hydrogen-bond acceptors (Lipinski definition) is 7. The number of hydrogen-bond donors (Lipinski definition) is 1. The number of nitrogens with zero attached hydrogens (tertiary/aromatic N) is 2. The van der Waals surface area contributed by atoms with Gasteiger partial charge in [0.05, 0.1) is 30.7 Å². The summed E-state index contributed by atoms with van der Waals surface area (Å²) in [5.41, 5.74) is 0.516. The first-order valence-corrected chi connectivity index (χ1v) is 13.1. The lowest BCUT2D eigenvalue weighted by atomic mass is 10.1. The van der Waals surface area contributed by atoms with Gasteiger partial charge in [-0.05, 0) is 49.5 Å². The maximum atomic E-state index is 12.7. The van der Waals surface area contributed by atoms with Gasteiger partial charge in [0, 0.05) is 30.1 Å². The Morgan fingerprint density at radius 3 is 2.42 bits per heavy atom. The lowest BCUT2D eigenvalue weighted by molar-refractivity contribution is 0.0730. The monoisotopic (exact) mass is 463 g/mol. The van der Waals surface area contributed by atoms with Crippen molar-refractivity contribution >= 4 is 27.1 Å². The Hall–Kier alpha value is -1.62. The summed E-state index contributed by atoms with van der Waals surface area (Å²) in [5.74, 6) is -0.0401. The van der Waals surface area contributed by atoms with Crippen LogP contribution in [-0.4, -0.2) is 75.9 Å². The van der Waals surface area contributed by atoms with Gasteiger partial charge in [0.15, 0.2) is 5.78 Å². The molecule has 0 radical (unpaired) electrons. The molecule has 1 unspecified atom stereocenters. The molecule has 2 aliphatic heterocycles. The van der Waals surface area contributed by atoms with E-state index < -0.39 is 10.0 Å². The third-order valence-corrected chi connectivity index (χ3v) is 8.75. The van der Waals surface area contributed by atoms with Crippen molar-refractivity contribution in [3.05, 3.63) is 52.2 Å². The van der Waals surface area contributed by atoms with E-state index in [1.165, 1.54) is 34.2 Å². The van der Waals surface area contributed by atoms with E-state index in [2.05, 4.69) is 27.7 Å². The Bertz CT molecular complexity index is 949. The van der Waals surface area contributed by atoms with Crippen LogP contribution in [0.2, 0.25) is 0 Å². The van der Waals surface area contributed by atoms with Crippen molar-refractivity contribution in [1.82, 2.24) is 14.5 Å². The van der Waals surface area contributed by atoms with Crippen LogP contribution in [0.3, 0.4) is 0 Å². The fourth-order valence-electron chi connectivity index (χ4n) is 4.12. The summed E-state index contributed by atoms with van der Waals surface area (Å²) in [6.45, 7) is 4.66. The smallest absolute Gasteiger partial charge is 0.243 e. The minimum Gasteiger partial charge on any atom is -0.379 e. The first-order chi connectivity index (χ1) is 15.1. The number of benzene rings is 1. The SMILES string of the molecule is O=C(CNCC(c1cccs1)N1CCCC1)c1ccc(S(=O)(=O)N2CCOCC2)cc1. The maximum absolute atomic E-state index is 12.7. The number of ketones is 1. The molecule has 0 saturated carbocycles. The third-order valence-electron chi connectivity index (χ3n) is 5.86. The van der Waals surface area contributed by atoms with Crippen LogP contribution >= 0.6 is 11.3 Å². The topological polar surface area (TPSA) is 79.0 Å². The molecule has 1 aromatic carbocycles. The van der Waals surface area contributed by atoms with Gasteiger partial charge in [-0.1, -0.05) is 18.2 Å². The van der Waals surface area contributed by atoms with Gasteiger partial charge < -0.3 is 10.1 Å². The van der Waals surface area contributed by atoms with Crippen molar-refractivity contribution in [1.29, 1.82) is 0 Å². The van der Waals surface area contributed by atoms with E-state index >= 15 is 0 Å². The van der Waals surface area contributed by atoms with Crippen molar-refractivity contribution in [2.24, 2.45) is 0 Å². The molecule has 168 valence electrons. The second-order valence-electron chi connectivity index (χ2n) is 7.87. The van der Waals surface area contributed by atoms with Gasteiger partial charge in [0.1, 0.15) is 0 Å². The average Bonchev–Trinajstić information content (AvgIpc) is 3.52. The minimum absolute atomic E-state index is 0.0401. The van der Waals surface area contributed by atoms with E-state index in [9.17, 15) is 13.2 Å². The molecule has 31 heavy (non-hydrogen) atoms. The van der Waals surface area contributed by atoms with Gasteiger partial charge in [-0.3, -0.25) is 9.69 Å². The number of ether oxygens (including phenoxy) is 1. The highest BCUT2D eigenvalue weighted by Gasteiger charge is 2.27. The van der Waals surface area contributed by atoms with Crippen molar-refractivity contribution in [3.8, 4) is 0 Å². The fourth-order valence-corrected chi connectivity index (χ4v) is 6.39. The highest BCUT2D eigenvalue weighted by Crippen LogP contribution is 2.27. The molecule has 2 saturated heterocycles. The Morgan fingerprint density at radius 1 is 1.06 bits per heavy atom. The Labute approximate surface area is 188 Å². The normalized spacial score (nSPS) is 19.5. The summed E-state index contributed by atoms with van der Waals surface area (Å²) in [6.07, 6.45) is 2.45. The summed E-state index contributed by atoms with van der Waals surface area (Å²) in [6, 6.07) is 10.8. The molecule has 0 aliphatic carbocycles. The van der Waals surface area contributed by atoms with E-state index in [1.54, 1.807) is 23.5 Å². The third kappa shape index (κ3) is 5.42. The first-order valence-electron chi connectivity index (χ1n) is 10.7. The Balaban J connectivity index is 1.34. The van der Waals surface area contributed by atoms with Crippen molar-refractivity contribution < 1.29 is 17.9 Å². The summed E-state index contributed by atoms with van der Waals surface area (Å²) < 4.78 is 32.1. The van der Waals surface area contributed by atoms with Crippen LogP contribution in [0.5, 0.6) is 0 Å². The Morgan fingerprint density at radius 2 is 1.77 bits per heavy atom. The Kier molecular flexibility index (Phi) is 7.52. The van der Waals surface area contributed by atoms with E-state index in [-0.39, 0.29) is 23.3 Å². The molecular formula is C22H29N3O4S2. The molecule has 0 bridgehead atoms. The van der Waals surface area contributed by atoms with Gasteiger partial charge in [-0.25, -0.2) is 8.42 Å². The lowest BCUT2D eigenvalue weighted by Crippen LogP contribution is -2.40. The lowest BCUT2D eigenvalue weighted by Gasteiger charge is -2.27. The molecule has 0 amide bonds. The van der Waals surface area contributed by atoms with E-state index in [0.717, 1.165) is 19.6 Å². The zero-order chi connectivity index (χ0) is 21.7. The van der Waals surface area contributed by atoms with Gasteiger partial charge in [0.25, 0.3) is 0 Å². The number of carbonyl (C=O) groups is 1. The zero-order valence-electron chi connectivity index (χ0n) is 17.5. The molecule has 2 fully saturated rings. The predicted octanol–water partition coefficient (Wildman–Crippen LogP) is 2.38. The van der Waals surface area contributed by atoms with Crippen molar-refractivity contribution in [2.45, 2.75) is 23.8 Å². The van der Waals surface area contributed by atoms with E-state index in [1.807, 2.05) is 0 Å². The highest BCUT2D eigenvalue weighted by atomic mass is 32.2. The number of nitrogens with one attached hydrogen (secondary N) is 1. The largest absolute Gasteiger partial charge is 0.379 e. The van der Waals surface area contributed by atoms with Crippen molar-refractivity contribution in [3.63, 3.8) is 0 Å². The standard InChI is InChI=1S/C22H29N3O4S2/c26-21(17-23-16-20(22-4-3-15-30-22)24-9-1-2-10-24)18-5-7-19(8-6-18)31(27,28)25-11-13-29-14-12-25/h3-8,15,20,23H,1-2,9-14,16-17H2. The molecule has 2 aliphatic rings. The summed E-state index contributed by atoms with van der Waals surface area (Å²) in [7, 11) is -3.55. The zero-order valence-corrected chi connectivity index (χ0v) is 19.2. The second-order valence-corrected chi connectivity index (χ2v) is 10.8. The predicted molar refractivity (Wildman–Crippen MR) is 121 cm³/mol. The van der Waals surface area contributed by atoms with Gasteiger partial charge in [-0.2, -0.15) is 4.31 Å². The number of carbonyl (C=O) groups excluding carboxylic acids is 1. The summed E-state index contributed by atoms with van der Waals surface area (Å²) in [5, 5.41) is 5.41. The molecule has 3 heterocycles. The number of rotatable bonds is 9. The quantitative estimate of drug-likeness (QED) is 0.576. The molecule has 1 N–H and O–H groups in total. The molecule has 2 aromatic rings. The molecule has 9 heteroatoms. The average molecular weight is 464 g/mol. The summed E-state index contributed by atoms with van der Waals surface area (Å²) >= 11 is 1.75. The van der Waals surface area contributed by atoms with Crippen LogP contribution < -0.4 is 5.32 Å². The van der Waals surface area contributed by atoms with Gasteiger partial charge in [-0.15, -0.1) is 11.3 Å². The second kappa shape index (κ2) is 10.3. The number of sulfonamides is 1. The minimum atomic E-state index is -3.55. The van der Waals surface area contributed by atoms with Crippen molar-refractivity contribution in [2.75, 3.05) is 52.5 Å². The molecule has 1 atom stereocenters. The van der Waals surface area contributed by atoms with Crippen LogP contribution in [0, 0.1) is 0 Å². The molecule has 1 aromatic heterocycles. The van der Waals surface area contributed by atoms with Crippen LogP contribution in [0.25, 0.3) is 0 Å². The highest BCUT2D eigenvalue weighted by molar-refractivity contribution is 7.89. The summed E-state index contributed by atoms with van der Waals surface area (Å²) in [4.78, 5) is 16.7. The maximum Gasteiger partial charge on any atom is 0.243 e. The van der Waals surface area contributed by atoms with E-state index in [4.69, 9.17) is 4.74 Å². The van der Waals surface area contributed by atoms with Gasteiger partial charge >= 0.3 is 0 Å². The molecule has 7 nitrogen and oxygen atoms in total. The molecule has 0 spiro atoms. The van der Waals surface area contributed by atoms with Crippen LogP contribution in [0.15, 0.2) is 46.7 Å². The number of thiophene rings is 1. The van der Waals surface area contributed by atoms with Crippen LogP contribution in [0.1, 0.15) is 34.1 Å². The molecular weight excluding hydrogens is 434 g/mol. The first kappa shape index (κ1) is 22.6.